The Kier molecular flexibility index (Phi) is 6.07. The van der Waals surface area contributed by atoms with Gasteiger partial charge in [-0.2, -0.15) is 0 Å². The molecule has 0 aromatic heterocycles. The lowest BCUT2D eigenvalue weighted by molar-refractivity contribution is -0.129. The van der Waals surface area contributed by atoms with Crippen LogP contribution in [-0.4, -0.2) is 29.6 Å². The van der Waals surface area contributed by atoms with Gasteiger partial charge in [0.25, 0.3) is 5.91 Å². The van der Waals surface area contributed by atoms with Gasteiger partial charge >= 0.3 is 0 Å². The fourth-order valence-corrected chi connectivity index (χ4v) is 2.22. The van der Waals surface area contributed by atoms with E-state index in [9.17, 15) is 9.59 Å². The van der Waals surface area contributed by atoms with Crippen molar-refractivity contribution in [3.05, 3.63) is 35.4 Å². The molecule has 0 saturated carbocycles. The SMILES string of the molecule is Cc1ccccc1C(=N)C(=O)NC(C(=O)NC(C)C)C(C)(C)C. The van der Waals surface area contributed by atoms with Crippen molar-refractivity contribution < 1.29 is 9.59 Å². The Morgan fingerprint density at radius 3 is 2.13 bits per heavy atom. The lowest BCUT2D eigenvalue weighted by atomic mass is 9.85. The molecule has 0 saturated heterocycles. The van der Waals surface area contributed by atoms with Gasteiger partial charge in [0.05, 0.1) is 0 Å². The fraction of sp³-hybridized carbons (Fsp3) is 0.500. The molecule has 1 atom stereocenters. The van der Waals surface area contributed by atoms with Gasteiger partial charge in [-0.15, -0.1) is 0 Å². The Morgan fingerprint density at radius 1 is 1.09 bits per heavy atom. The molecule has 1 aromatic rings. The summed E-state index contributed by atoms with van der Waals surface area (Å²) in [6.45, 7) is 11.2. The number of amides is 2. The second-order valence-corrected chi connectivity index (χ2v) is 7.13. The minimum absolute atomic E-state index is 0.0138. The van der Waals surface area contributed by atoms with Crippen molar-refractivity contribution in [2.75, 3.05) is 0 Å². The fourth-order valence-electron chi connectivity index (χ4n) is 2.22. The highest BCUT2D eigenvalue weighted by molar-refractivity contribution is 6.44. The Hall–Kier alpha value is -2.17. The number of aryl methyl sites for hydroxylation is 1. The minimum Gasteiger partial charge on any atom is -0.352 e. The van der Waals surface area contributed by atoms with Crippen molar-refractivity contribution in [1.29, 1.82) is 5.41 Å². The van der Waals surface area contributed by atoms with Crippen LogP contribution < -0.4 is 10.6 Å². The van der Waals surface area contributed by atoms with Crippen molar-refractivity contribution in [2.24, 2.45) is 5.41 Å². The normalized spacial score (nSPS) is 12.7. The molecule has 0 heterocycles. The highest BCUT2D eigenvalue weighted by Crippen LogP contribution is 2.20. The molecular formula is C18H27N3O2. The van der Waals surface area contributed by atoms with Crippen LogP contribution in [0.25, 0.3) is 0 Å². The maximum atomic E-state index is 12.4. The van der Waals surface area contributed by atoms with Gasteiger partial charge in [-0.1, -0.05) is 45.0 Å². The van der Waals surface area contributed by atoms with Gasteiger partial charge in [0.2, 0.25) is 5.91 Å². The molecule has 0 fully saturated rings. The smallest absolute Gasteiger partial charge is 0.270 e. The molecule has 0 bridgehead atoms. The van der Waals surface area contributed by atoms with Crippen molar-refractivity contribution in [3.63, 3.8) is 0 Å². The third-order valence-electron chi connectivity index (χ3n) is 3.48. The molecule has 0 aliphatic carbocycles. The Labute approximate surface area is 138 Å². The maximum Gasteiger partial charge on any atom is 0.270 e. The first-order chi connectivity index (χ1) is 10.5. The first kappa shape index (κ1) is 18.9. The van der Waals surface area contributed by atoms with E-state index in [0.717, 1.165) is 5.56 Å². The van der Waals surface area contributed by atoms with Crippen LogP contribution in [0, 0.1) is 17.7 Å². The summed E-state index contributed by atoms with van der Waals surface area (Å²) in [5.74, 6) is -0.781. The van der Waals surface area contributed by atoms with E-state index >= 15 is 0 Å². The Balaban J connectivity index is 2.96. The van der Waals surface area contributed by atoms with E-state index in [4.69, 9.17) is 5.41 Å². The van der Waals surface area contributed by atoms with Crippen LogP contribution in [-0.2, 0) is 9.59 Å². The summed E-state index contributed by atoms with van der Waals surface area (Å²) in [7, 11) is 0. The molecule has 3 N–H and O–H groups in total. The molecular weight excluding hydrogens is 290 g/mol. The Morgan fingerprint density at radius 2 is 1.65 bits per heavy atom. The molecule has 5 nitrogen and oxygen atoms in total. The van der Waals surface area contributed by atoms with E-state index in [2.05, 4.69) is 10.6 Å². The van der Waals surface area contributed by atoms with Gasteiger partial charge in [0.1, 0.15) is 11.8 Å². The summed E-state index contributed by atoms with van der Waals surface area (Å²) >= 11 is 0. The zero-order chi connectivity index (χ0) is 17.8. The summed E-state index contributed by atoms with van der Waals surface area (Å²) in [5, 5.41) is 13.6. The van der Waals surface area contributed by atoms with Gasteiger partial charge in [0, 0.05) is 11.6 Å². The van der Waals surface area contributed by atoms with E-state index in [0.29, 0.717) is 5.56 Å². The van der Waals surface area contributed by atoms with Crippen molar-refractivity contribution in [2.45, 2.75) is 53.6 Å². The molecule has 0 radical (unpaired) electrons. The van der Waals surface area contributed by atoms with Gasteiger partial charge in [-0.05, 0) is 31.7 Å². The van der Waals surface area contributed by atoms with Crippen molar-refractivity contribution in [1.82, 2.24) is 10.6 Å². The van der Waals surface area contributed by atoms with Crippen LogP contribution in [0.5, 0.6) is 0 Å². The Bertz CT molecular complexity index is 601. The monoisotopic (exact) mass is 317 g/mol. The molecule has 1 rings (SSSR count). The molecule has 5 heteroatoms. The van der Waals surface area contributed by atoms with Crippen molar-refractivity contribution in [3.8, 4) is 0 Å². The third-order valence-corrected chi connectivity index (χ3v) is 3.48. The standard InChI is InChI=1S/C18H27N3O2/c1-11(2)20-17(23)15(18(4,5)6)21-16(22)14(19)13-10-8-7-9-12(13)3/h7-11,15,19H,1-6H3,(H,20,23)(H,21,22). The van der Waals surface area contributed by atoms with Crippen LogP contribution >= 0.6 is 0 Å². The zero-order valence-corrected chi connectivity index (χ0v) is 14.8. The van der Waals surface area contributed by atoms with E-state index in [-0.39, 0.29) is 17.7 Å². The van der Waals surface area contributed by atoms with Gasteiger partial charge in [-0.25, -0.2) is 0 Å². The summed E-state index contributed by atoms with van der Waals surface area (Å²) in [5.41, 5.74) is 0.837. The van der Waals surface area contributed by atoms with Gasteiger partial charge < -0.3 is 10.6 Å². The molecule has 23 heavy (non-hydrogen) atoms. The molecule has 0 aliphatic heterocycles. The second kappa shape index (κ2) is 7.40. The van der Waals surface area contributed by atoms with Crippen LogP contribution in [0.4, 0.5) is 0 Å². The number of benzene rings is 1. The average molecular weight is 317 g/mol. The quantitative estimate of drug-likeness (QED) is 0.729. The second-order valence-electron chi connectivity index (χ2n) is 7.13. The first-order valence-corrected chi connectivity index (χ1v) is 7.79. The summed E-state index contributed by atoms with van der Waals surface area (Å²) in [6, 6.07) is 6.51. The van der Waals surface area contributed by atoms with E-state index < -0.39 is 17.4 Å². The number of hydrogen-bond donors (Lipinski definition) is 3. The highest BCUT2D eigenvalue weighted by Gasteiger charge is 2.34. The van der Waals surface area contributed by atoms with Crippen LogP contribution in [0.15, 0.2) is 24.3 Å². The molecule has 2 amide bonds. The highest BCUT2D eigenvalue weighted by atomic mass is 16.2. The number of rotatable bonds is 5. The topological polar surface area (TPSA) is 82.1 Å². The zero-order valence-electron chi connectivity index (χ0n) is 14.8. The molecule has 1 aromatic carbocycles. The van der Waals surface area contributed by atoms with Gasteiger partial charge in [-0.3, -0.25) is 15.0 Å². The average Bonchev–Trinajstić information content (AvgIpc) is 2.42. The van der Waals surface area contributed by atoms with E-state index in [1.165, 1.54) is 0 Å². The van der Waals surface area contributed by atoms with Crippen molar-refractivity contribution >= 4 is 17.5 Å². The maximum absolute atomic E-state index is 12.4. The molecule has 0 spiro atoms. The van der Waals surface area contributed by atoms with Crippen LogP contribution in [0.2, 0.25) is 0 Å². The van der Waals surface area contributed by atoms with Gasteiger partial charge in [0.15, 0.2) is 0 Å². The number of nitrogens with one attached hydrogen (secondary N) is 3. The number of carbonyl (C=O) groups is 2. The molecule has 1 unspecified atom stereocenters. The molecule has 0 aliphatic rings. The molecule has 126 valence electrons. The third kappa shape index (κ3) is 5.20. The summed E-state index contributed by atoms with van der Waals surface area (Å²) < 4.78 is 0. The number of carbonyl (C=O) groups excluding carboxylic acids is 2. The minimum atomic E-state index is -0.707. The van der Waals surface area contributed by atoms with Crippen LogP contribution in [0.1, 0.15) is 45.7 Å². The van der Waals surface area contributed by atoms with E-state index in [1.54, 1.807) is 12.1 Å². The first-order valence-electron chi connectivity index (χ1n) is 7.79. The summed E-state index contributed by atoms with van der Waals surface area (Å²) in [4.78, 5) is 24.8. The number of hydrogen-bond acceptors (Lipinski definition) is 3. The summed E-state index contributed by atoms with van der Waals surface area (Å²) in [6.07, 6.45) is 0. The van der Waals surface area contributed by atoms with E-state index in [1.807, 2.05) is 53.7 Å². The largest absolute Gasteiger partial charge is 0.352 e. The lowest BCUT2D eigenvalue weighted by Crippen LogP contribution is -2.56. The lowest BCUT2D eigenvalue weighted by Gasteiger charge is -2.31. The predicted molar refractivity (Wildman–Crippen MR) is 92.7 cm³/mol. The van der Waals surface area contributed by atoms with Crippen LogP contribution in [0.3, 0.4) is 0 Å². The predicted octanol–water partition coefficient (Wildman–Crippen LogP) is 2.42.